The van der Waals surface area contributed by atoms with Gasteiger partial charge < -0.3 is 15.5 Å². The van der Waals surface area contributed by atoms with Crippen molar-refractivity contribution in [1.82, 2.24) is 5.32 Å². The van der Waals surface area contributed by atoms with Crippen LogP contribution in [0, 0.1) is 0 Å². The molecule has 2 unspecified atom stereocenters. The van der Waals surface area contributed by atoms with E-state index in [1.54, 1.807) is 0 Å². The average molecular weight is 257 g/mol. The molecule has 0 bridgehead atoms. The zero-order valence-electron chi connectivity index (χ0n) is 9.93. The number of rotatable bonds is 8. The van der Waals surface area contributed by atoms with Gasteiger partial charge in [-0.1, -0.05) is 19.8 Å². The molecule has 0 amide bonds. The maximum Gasteiger partial charge on any atom is 0.320 e. The fourth-order valence-corrected chi connectivity index (χ4v) is 2.26. The molecule has 0 saturated carbocycles. The van der Waals surface area contributed by atoms with Crippen LogP contribution in [0.5, 0.6) is 0 Å². The molecule has 0 aliphatic carbocycles. The second kappa shape index (κ2) is 7.42. The predicted octanol–water partition coefficient (Wildman–Crippen LogP) is 2.01. The summed E-state index contributed by atoms with van der Waals surface area (Å²) in [5.41, 5.74) is 0.835. The fourth-order valence-electron chi connectivity index (χ4n) is 1.56. The van der Waals surface area contributed by atoms with E-state index in [9.17, 15) is 9.90 Å². The Labute approximate surface area is 105 Å². The van der Waals surface area contributed by atoms with Crippen LogP contribution in [-0.2, 0) is 4.79 Å². The van der Waals surface area contributed by atoms with Gasteiger partial charge in [0.25, 0.3) is 0 Å². The number of aliphatic hydroxyl groups is 1. The van der Waals surface area contributed by atoms with Gasteiger partial charge in [-0.15, -0.1) is 0 Å². The summed E-state index contributed by atoms with van der Waals surface area (Å²) in [6.45, 7) is 2.30. The Kier molecular flexibility index (Phi) is 6.18. The first-order valence-electron chi connectivity index (χ1n) is 5.81. The number of nitrogens with one attached hydrogen (secondary N) is 1. The first-order chi connectivity index (χ1) is 8.15. The largest absolute Gasteiger partial charge is 0.480 e. The zero-order valence-corrected chi connectivity index (χ0v) is 10.7. The summed E-state index contributed by atoms with van der Waals surface area (Å²) in [5, 5.41) is 25.5. The van der Waals surface area contributed by atoms with E-state index >= 15 is 0 Å². The van der Waals surface area contributed by atoms with Crippen LogP contribution in [0.4, 0.5) is 0 Å². The number of carbonyl (C=O) groups is 1. The normalized spacial score (nSPS) is 14.5. The molecule has 0 saturated heterocycles. The lowest BCUT2D eigenvalue weighted by Gasteiger charge is -2.16. The highest BCUT2D eigenvalue weighted by Gasteiger charge is 2.18. The van der Waals surface area contributed by atoms with Gasteiger partial charge in [-0.2, -0.15) is 11.3 Å². The highest BCUT2D eigenvalue weighted by atomic mass is 32.1. The van der Waals surface area contributed by atoms with E-state index in [0.29, 0.717) is 6.42 Å². The number of carboxylic acid groups (broad SMARTS) is 1. The molecule has 5 heteroatoms. The summed E-state index contributed by atoms with van der Waals surface area (Å²) < 4.78 is 0. The summed E-state index contributed by atoms with van der Waals surface area (Å²) in [7, 11) is 0. The summed E-state index contributed by atoms with van der Waals surface area (Å²) in [4.78, 5) is 11.0. The van der Waals surface area contributed by atoms with E-state index in [-0.39, 0.29) is 6.54 Å². The monoisotopic (exact) mass is 257 g/mol. The lowest BCUT2D eigenvalue weighted by atomic mass is 10.1. The molecule has 0 fully saturated rings. The summed E-state index contributed by atoms with van der Waals surface area (Å²) in [5.74, 6) is -0.851. The van der Waals surface area contributed by atoms with Crippen LogP contribution >= 0.6 is 11.3 Å². The molecule has 0 aliphatic rings. The van der Waals surface area contributed by atoms with Gasteiger partial charge in [0.15, 0.2) is 0 Å². The molecule has 0 aliphatic heterocycles. The quantitative estimate of drug-likeness (QED) is 0.666. The standard InChI is InChI=1S/C12H19NO3S/c1-2-3-4-10(12(15)16)13-7-11(14)9-5-6-17-8-9/h5-6,8,10-11,13-14H,2-4,7H2,1H3,(H,15,16). The van der Waals surface area contributed by atoms with Crippen LogP contribution in [-0.4, -0.2) is 28.8 Å². The van der Waals surface area contributed by atoms with Gasteiger partial charge in [0.1, 0.15) is 6.04 Å². The zero-order chi connectivity index (χ0) is 12.7. The van der Waals surface area contributed by atoms with Gasteiger partial charge in [0.2, 0.25) is 0 Å². The second-order valence-electron chi connectivity index (χ2n) is 4.01. The van der Waals surface area contributed by atoms with Gasteiger partial charge in [-0.25, -0.2) is 0 Å². The minimum absolute atomic E-state index is 0.275. The fraction of sp³-hybridized carbons (Fsp3) is 0.583. The summed E-state index contributed by atoms with van der Waals surface area (Å²) >= 11 is 1.52. The van der Waals surface area contributed by atoms with Crippen LogP contribution < -0.4 is 5.32 Å². The highest BCUT2D eigenvalue weighted by molar-refractivity contribution is 7.07. The number of hydrogen-bond donors (Lipinski definition) is 3. The van der Waals surface area contributed by atoms with E-state index in [0.717, 1.165) is 18.4 Å². The van der Waals surface area contributed by atoms with Crippen molar-refractivity contribution in [1.29, 1.82) is 0 Å². The molecule has 17 heavy (non-hydrogen) atoms. The number of carboxylic acids is 1. The molecule has 0 radical (unpaired) electrons. The maximum absolute atomic E-state index is 11.0. The Bertz CT molecular complexity index is 327. The van der Waals surface area contributed by atoms with Crippen LogP contribution in [0.1, 0.15) is 37.9 Å². The van der Waals surface area contributed by atoms with Crippen LogP contribution in [0.2, 0.25) is 0 Å². The first kappa shape index (κ1) is 14.2. The van der Waals surface area contributed by atoms with Crippen molar-refractivity contribution in [2.45, 2.75) is 38.3 Å². The topological polar surface area (TPSA) is 69.6 Å². The van der Waals surface area contributed by atoms with E-state index in [4.69, 9.17) is 5.11 Å². The summed E-state index contributed by atoms with van der Waals surface area (Å²) in [6.07, 6.45) is 1.81. The van der Waals surface area contributed by atoms with Gasteiger partial charge in [-0.3, -0.25) is 4.79 Å². The lowest BCUT2D eigenvalue weighted by Crippen LogP contribution is -2.38. The smallest absolute Gasteiger partial charge is 0.320 e. The molecule has 1 rings (SSSR count). The second-order valence-corrected chi connectivity index (χ2v) is 4.79. The third kappa shape index (κ3) is 4.85. The molecule has 1 heterocycles. The number of aliphatic carboxylic acids is 1. The van der Waals surface area contributed by atoms with E-state index in [1.165, 1.54) is 11.3 Å². The molecular formula is C12H19NO3S. The van der Waals surface area contributed by atoms with E-state index < -0.39 is 18.1 Å². The average Bonchev–Trinajstić information content (AvgIpc) is 2.81. The SMILES string of the molecule is CCCCC(NCC(O)c1ccsc1)C(=O)O. The molecule has 0 aromatic carbocycles. The Morgan fingerprint density at radius 3 is 2.88 bits per heavy atom. The summed E-state index contributed by atoms with van der Waals surface area (Å²) in [6, 6.07) is 1.28. The molecule has 96 valence electrons. The minimum atomic E-state index is -0.851. The van der Waals surface area contributed by atoms with Gasteiger partial charge >= 0.3 is 5.97 Å². The highest BCUT2D eigenvalue weighted by Crippen LogP contribution is 2.15. The lowest BCUT2D eigenvalue weighted by molar-refractivity contribution is -0.139. The van der Waals surface area contributed by atoms with Crippen molar-refractivity contribution in [2.75, 3.05) is 6.54 Å². The minimum Gasteiger partial charge on any atom is -0.480 e. The molecular weight excluding hydrogens is 238 g/mol. The third-order valence-corrected chi connectivity index (χ3v) is 3.33. The maximum atomic E-state index is 11.0. The van der Waals surface area contributed by atoms with Crippen molar-refractivity contribution in [3.63, 3.8) is 0 Å². The molecule has 3 N–H and O–H groups in total. The molecule has 1 aromatic rings. The predicted molar refractivity (Wildman–Crippen MR) is 68.2 cm³/mol. The van der Waals surface area contributed by atoms with Crippen LogP contribution in [0.25, 0.3) is 0 Å². The Morgan fingerprint density at radius 2 is 2.35 bits per heavy atom. The van der Waals surface area contributed by atoms with E-state index in [1.807, 2.05) is 23.8 Å². The molecule has 0 spiro atoms. The Hall–Kier alpha value is -0.910. The molecule has 4 nitrogen and oxygen atoms in total. The Balaban J connectivity index is 2.38. The molecule has 1 aromatic heterocycles. The number of thiophene rings is 1. The number of aliphatic hydroxyl groups excluding tert-OH is 1. The van der Waals surface area contributed by atoms with Crippen molar-refractivity contribution in [3.05, 3.63) is 22.4 Å². The van der Waals surface area contributed by atoms with Gasteiger partial charge in [0.05, 0.1) is 6.10 Å². The van der Waals surface area contributed by atoms with Crippen molar-refractivity contribution >= 4 is 17.3 Å². The van der Waals surface area contributed by atoms with Gasteiger partial charge in [0, 0.05) is 6.54 Å². The van der Waals surface area contributed by atoms with Crippen LogP contribution in [0.3, 0.4) is 0 Å². The molecule has 2 atom stereocenters. The van der Waals surface area contributed by atoms with Crippen LogP contribution in [0.15, 0.2) is 16.8 Å². The Morgan fingerprint density at radius 1 is 1.59 bits per heavy atom. The van der Waals surface area contributed by atoms with Crippen molar-refractivity contribution < 1.29 is 15.0 Å². The van der Waals surface area contributed by atoms with E-state index in [2.05, 4.69) is 5.32 Å². The first-order valence-corrected chi connectivity index (χ1v) is 6.75. The van der Waals surface area contributed by atoms with Gasteiger partial charge in [-0.05, 0) is 28.8 Å². The third-order valence-electron chi connectivity index (χ3n) is 2.63. The van der Waals surface area contributed by atoms with Crippen molar-refractivity contribution in [3.8, 4) is 0 Å². The number of unbranched alkanes of at least 4 members (excludes halogenated alkanes) is 1. The van der Waals surface area contributed by atoms with Crippen molar-refractivity contribution in [2.24, 2.45) is 0 Å². The number of hydrogen-bond acceptors (Lipinski definition) is 4.